The summed E-state index contributed by atoms with van der Waals surface area (Å²) in [5, 5.41) is 2.59. The molecule has 4 rings (SSSR count). The van der Waals surface area contributed by atoms with Gasteiger partial charge in [-0.05, 0) is 67.3 Å². The Balaban J connectivity index is 1.73. The molecule has 31 heavy (non-hydrogen) atoms. The van der Waals surface area contributed by atoms with Crippen LogP contribution in [0.15, 0.2) is 40.8 Å². The highest BCUT2D eigenvalue weighted by atomic mass is 35.5. The minimum atomic E-state index is -0.316. The van der Waals surface area contributed by atoms with Gasteiger partial charge in [-0.25, -0.2) is 4.39 Å². The molecule has 0 spiro atoms. The van der Waals surface area contributed by atoms with Crippen molar-refractivity contribution in [2.24, 2.45) is 0 Å². The molecule has 0 aliphatic carbocycles. The number of likely N-dealkylation sites (tertiary alicyclic amines) is 1. The zero-order valence-electron chi connectivity index (χ0n) is 17.7. The predicted octanol–water partition coefficient (Wildman–Crippen LogP) is 5.03. The fraction of sp³-hybridized carbons (Fsp3) is 0.320. The molecular formula is C25H25ClFNO2S. The minimum absolute atomic E-state index is 0.247. The maximum atomic E-state index is 14.7. The van der Waals surface area contributed by atoms with Gasteiger partial charge in [-0.15, -0.1) is 0 Å². The molecule has 3 aromatic rings. The molecule has 1 aliphatic rings. The average Bonchev–Trinajstić information content (AvgIpc) is 3.11. The number of thiocarbonyl (C=S) groups is 1. The van der Waals surface area contributed by atoms with Crippen LogP contribution in [0.4, 0.5) is 4.39 Å². The van der Waals surface area contributed by atoms with E-state index in [-0.39, 0.29) is 11.9 Å². The van der Waals surface area contributed by atoms with Crippen molar-refractivity contribution in [3.05, 3.63) is 69.2 Å². The predicted molar refractivity (Wildman–Crippen MR) is 129 cm³/mol. The fourth-order valence-corrected chi connectivity index (χ4v) is 4.53. The first kappa shape index (κ1) is 22.0. The number of halogens is 2. The van der Waals surface area contributed by atoms with Crippen LogP contribution in [0.3, 0.4) is 0 Å². The van der Waals surface area contributed by atoms with E-state index in [0.29, 0.717) is 21.0 Å². The number of piperidine rings is 1. The summed E-state index contributed by atoms with van der Waals surface area (Å²) in [5.74, 6) is -0.316. The third kappa shape index (κ3) is 4.69. The lowest BCUT2D eigenvalue weighted by atomic mass is 10.0. The normalized spacial score (nSPS) is 16.5. The molecule has 0 radical (unpaired) electrons. The van der Waals surface area contributed by atoms with Gasteiger partial charge in [-0.3, -0.25) is 0 Å². The first-order valence-electron chi connectivity index (χ1n) is 10.5. The first-order valence-corrected chi connectivity index (χ1v) is 11.3. The zero-order chi connectivity index (χ0) is 22.0. The van der Waals surface area contributed by atoms with Crippen molar-refractivity contribution in [2.45, 2.75) is 32.3 Å². The molecule has 0 N–H and O–H groups in total. The van der Waals surface area contributed by atoms with Gasteiger partial charge in [-0.2, -0.15) is 0 Å². The molecular weight excluding hydrogens is 433 g/mol. The second-order valence-electron chi connectivity index (χ2n) is 7.74. The highest BCUT2D eigenvalue weighted by Crippen LogP contribution is 2.20. The van der Waals surface area contributed by atoms with Gasteiger partial charge >= 0.3 is 0 Å². The summed E-state index contributed by atoms with van der Waals surface area (Å²) < 4.78 is 26.2. The smallest absolute Gasteiger partial charge is 0.136 e. The second-order valence-corrected chi connectivity index (χ2v) is 8.57. The maximum absolute atomic E-state index is 14.7. The Hall–Kier alpha value is -2.21. The van der Waals surface area contributed by atoms with Crippen molar-refractivity contribution >= 4 is 51.7 Å². The summed E-state index contributed by atoms with van der Waals surface area (Å²) >= 11 is 11.9. The van der Waals surface area contributed by atoms with Crippen molar-refractivity contribution in [1.29, 1.82) is 0 Å². The molecule has 6 heteroatoms. The maximum Gasteiger partial charge on any atom is 0.136 e. The number of hydrogen-bond donors (Lipinski definition) is 0. The monoisotopic (exact) mass is 457 g/mol. The van der Waals surface area contributed by atoms with Crippen LogP contribution in [-0.4, -0.2) is 36.2 Å². The highest BCUT2D eigenvalue weighted by molar-refractivity contribution is 7.80. The third-order valence-corrected chi connectivity index (χ3v) is 6.42. The van der Waals surface area contributed by atoms with Crippen molar-refractivity contribution in [3.63, 3.8) is 0 Å². The Morgan fingerprint density at radius 1 is 1.19 bits per heavy atom. The van der Waals surface area contributed by atoms with E-state index in [4.69, 9.17) is 33.0 Å². The van der Waals surface area contributed by atoms with E-state index in [9.17, 15) is 4.39 Å². The van der Waals surface area contributed by atoms with E-state index in [1.807, 2.05) is 30.4 Å². The van der Waals surface area contributed by atoms with Crippen molar-refractivity contribution in [1.82, 2.24) is 4.90 Å². The van der Waals surface area contributed by atoms with Gasteiger partial charge in [0.25, 0.3) is 0 Å². The van der Waals surface area contributed by atoms with Gasteiger partial charge in [0.15, 0.2) is 0 Å². The number of hydrogen-bond acceptors (Lipinski definition) is 3. The Morgan fingerprint density at radius 3 is 2.68 bits per heavy atom. The van der Waals surface area contributed by atoms with Crippen LogP contribution in [-0.2, 0) is 4.74 Å². The molecule has 2 heterocycles. The van der Waals surface area contributed by atoms with E-state index in [0.717, 1.165) is 54.1 Å². The molecule has 0 amide bonds. The number of methoxy groups -OCH3 is 1. The molecule has 0 unspecified atom stereocenters. The molecule has 1 saturated heterocycles. The lowest BCUT2D eigenvalue weighted by Gasteiger charge is -2.33. The molecule has 162 valence electrons. The Bertz CT molecular complexity index is 1230. The van der Waals surface area contributed by atoms with Gasteiger partial charge in [0.2, 0.25) is 0 Å². The number of benzene rings is 2. The van der Waals surface area contributed by atoms with Crippen molar-refractivity contribution < 1.29 is 13.5 Å². The van der Waals surface area contributed by atoms with Crippen LogP contribution in [0.2, 0.25) is 5.02 Å². The number of nitrogens with zero attached hydrogens (tertiary/aromatic N) is 1. The topological polar surface area (TPSA) is 25.6 Å². The van der Waals surface area contributed by atoms with Gasteiger partial charge in [0.1, 0.15) is 21.6 Å². The van der Waals surface area contributed by atoms with Crippen LogP contribution < -0.4 is 10.8 Å². The number of furan rings is 1. The highest BCUT2D eigenvalue weighted by Gasteiger charge is 2.22. The first-order chi connectivity index (χ1) is 15.0. The molecule has 1 aromatic heterocycles. The summed E-state index contributed by atoms with van der Waals surface area (Å²) in [5.41, 5.74) is 2.78. The molecule has 2 aromatic carbocycles. The molecule has 1 aliphatic heterocycles. The van der Waals surface area contributed by atoms with E-state index >= 15 is 0 Å². The lowest BCUT2D eigenvalue weighted by molar-refractivity contribution is 0.0584. The summed E-state index contributed by atoms with van der Waals surface area (Å²) in [4.78, 5) is 2.60. The Kier molecular flexibility index (Phi) is 6.75. The minimum Gasteiger partial charge on any atom is -0.456 e. The van der Waals surface area contributed by atoms with Gasteiger partial charge in [0, 0.05) is 41.6 Å². The summed E-state index contributed by atoms with van der Waals surface area (Å²) in [6, 6.07) is 10.7. The summed E-state index contributed by atoms with van der Waals surface area (Å²) in [6.07, 6.45) is 6.84. The molecule has 0 saturated carbocycles. The van der Waals surface area contributed by atoms with Gasteiger partial charge in [-0.1, -0.05) is 36.8 Å². The SMILES string of the molecule is CC/C=c1/o/c(=C\c2ccc(F)c(C(=S)N3CCC(OC)CC3)c2)c2cc(Cl)ccc12. The fourth-order valence-electron chi connectivity index (χ4n) is 4.02. The van der Waals surface area contributed by atoms with Crippen LogP contribution in [0.25, 0.3) is 22.9 Å². The van der Waals surface area contributed by atoms with Crippen molar-refractivity contribution in [2.75, 3.05) is 20.2 Å². The second kappa shape index (κ2) is 9.51. The molecule has 0 atom stereocenters. The Labute approximate surface area is 191 Å². The van der Waals surface area contributed by atoms with Crippen molar-refractivity contribution in [3.8, 4) is 0 Å². The quantitative estimate of drug-likeness (QED) is 0.513. The Morgan fingerprint density at radius 2 is 1.97 bits per heavy atom. The third-order valence-electron chi connectivity index (χ3n) is 5.70. The van der Waals surface area contributed by atoms with Gasteiger partial charge in [0.05, 0.1) is 6.10 Å². The molecule has 0 bridgehead atoms. The van der Waals surface area contributed by atoms with Crippen LogP contribution in [0.5, 0.6) is 0 Å². The molecule has 1 fully saturated rings. The van der Waals surface area contributed by atoms with Crippen LogP contribution >= 0.6 is 23.8 Å². The van der Waals surface area contributed by atoms with E-state index in [2.05, 4.69) is 11.8 Å². The summed E-state index contributed by atoms with van der Waals surface area (Å²) in [7, 11) is 1.73. The number of ether oxygens (including phenoxy) is 1. The lowest BCUT2D eigenvalue weighted by Crippen LogP contribution is -2.40. The zero-order valence-corrected chi connectivity index (χ0v) is 19.2. The van der Waals surface area contributed by atoms with Crippen LogP contribution in [0, 0.1) is 5.82 Å². The van der Waals surface area contributed by atoms with E-state index < -0.39 is 0 Å². The number of fused-ring (bicyclic) bond motifs is 1. The van der Waals surface area contributed by atoms with E-state index in [1.54, 1.807) is 19.2 Å². The molecule has 3 nitrogen and oxygen atoms in total. The largest absolute Gasteiger partial charge is 0.456 e. The van der Waals surface area contributed by atoms with Crippen LogP contribution in [0.1, 0.15) is 37.3 Å². The average molecular weight is 458 g/mol. The van der Waals surface area contributed by atoms with E-state index in [1.165, 1.54) is 6.07 Å². The van der Waals surface area contributed by atoms with Gasteiger partial charge < -0.3 is 14.1 Å². The standard InChI is InChI=1S/C25H25ClFNO2S/c1-3-4-23-19-7-6-17(26)15-20(19)24(30-23)14-16-5-8-22(27)21(13-16)25(31)28-11-9-18(29-2)10-12-28/h4-8,13-15,18H,3,9-12H2,1-2H3/b23-4+,24-14-. The number of rotatable bonds is 4. The summed E-state index contributed by atoms with van der Waals surface area (Å²) in [6.45, 7) is 3.60.